The molecule has 2 fully saturated rings. The molecule has 20 heavy (non-hydrogen) atoms. The summed E-state index contributed by atoms with van der Waals surface area (Å²) in [5.74, 6) is 0.665. The minimum atomic E-state index is -2.88. The number of carbonyl (C=O) groups excluding carboxylic acids is 1. The summed E-state index contributed by atoms with van der Waals surface area (Å²) in [6, 6.07) is 0.318. The van der Waals surface area contributed by atoms with E-state index in [1.807, 2.05) is 4.90 Å². The molecule has 0 N–H and O–H groups in total. The average molecular weight is 301 g/mol. The van der Waals surface area contributed by atoms with Crippen molar-refractivity contribution in [3.05, 3.63) is 0 Å². The van der Waals surface area contributed by atoms with Gasteiger partial charge in [-0.05, 0) is 37.0 Å². The van der Waals surface area contributed by atoms with E-state index in [2.05, 4.69) is 20.8 Å². The van der Waals surface area contributed by atoms with Crippen molar-refractivity contribution in [1.29, 1.82) is 0 Å². The number of hydrogen-bond donors (Lipinski definition) is 0. The Labute approximate surface area is 122 Å². The van der Waals surface area contributed by atoms with Gasteiger partial charge in [0.05, 0.1) is 11.5 Å². The quantitative estimate of drug-likeness (QED) is 0.800. The van der Waals surface area contributed by atoms with Gasteiger partial charge < -0.3 is 4.90 Å². The molecule has 0 saturated carbocycles. The lowest BCUT2D eigenvalue weighted by Gasteiger charge is -2.37. The Kier molecular flexibility index (Phi) is 4.47. The zero-order valence-corrected chi connectivity index (χ0v) is 13.7. The summed E-state index contributed by atoms with van der Waals surface area (Å²) in [5, 5.41) is 0. The Bertz CT molecular complexity index is 470. The molecular weight excluding hydrogens is 274 g/mol. The summed E-state index contributed by atoms with van der Waals surface area (Å²) >= 11 is 0. The van der Waals surface area contributed by atoms with E-state index in [9.17, 15) is 13.2 Å². The van der Waals surface area contributed by atoms with Crippen LogP contribution < -0.4 is 0 Å². The van der Waals surface area contributed by atoms with Crippen molar-refractivity contribution in [3.63, 3.8) is 0 Å². The minimum Gasteiger partial charge on any atom is -0.339 e. The first-order valence-corrected chi connectivity index (χ1v) is 9.57. The van der Waals surface area contributed by atoms with Crippen LogP contribution in [0.15, 0.2) is 0 Å². The summed E-state index contributed by atoms with van der Waals surface area (Å²) in [6.45, 7) is 7.46. The maximum Gasteiger partial charge on any atom is 0.223 e. The fourth-order valence-corrected chi connectivity index (χ4v) is 5.37. The summed E-state index contributed by atoms with van der Waals surface area (Å²) in [5.41, 5.74) is 0.147. The predicted molar refractivity (Wildman–Crippen MR) is 80.2 cm³/mol. The van der Waals surface area contributed by atoms with Crippen molar-refractivity contribution in [3.8, 4) is 0 Å². The fraction of sp³-hybridized carbons (Fsp3) is 0.933. The predicted octanol–water partition coefficient (Wildman–Crippen LogP) is 2.24. The van der Waals surface area contributed by atoms with Gasteiger partial charge in [-0.1, -0.05) is 20.8 Å². The molecule has 2 aliphatic rings. The molecule has 2 saturated heterocycles. The highest BCUT2D eigenvalue weighted by atomic mass is 32.2. The van der Waals surface area contributed by atoms with Gasteiger partial charge in [0, 0.05) is 19.0 Å². The van der Waals surface area contributed by atoms with Crippen LogP contribution in [-0.2, 0) is 14.6 Å². The average Bonchev–Trinajstić information content (AvgIpc) is 2.96. The van der Waals surface area contributed by atoms with Crippen LogP contribution in [0.25, 0.3) is 0 Å². The van der Waals surface area contributed by atoms with Crippen LogP contribution in [0.4, 0.5) is 0 Å². The van der Waals surface area contributed by atoms with Gasteiger partial charge in [-0.2, -0.15) is 0 Å². The summed E-state index contributed by atoms with van der Waals surface area (Å²) in [4.78, 5) is 14.5. The second kappa shape index (κ2) is 5.66. The molecule has 0 aliphatic carbocycles. The molecule has 0 bridgehead atoms. The Balaban J connectivity index is 1.98. The van der Waals surface area contributed by atoms with Crippen LogP contribution in [0.2, 0.25) is 0 Å². The molecule has 5 heteroatoms. The maximum atomic E-state index is 12.5. The fourth-order valence-electron chi connectivity index (χ4n) is 3.51. The molecule has 2 heterocycles. The van der Waals surface area contributed by atoms with Crippen LogP contribution in [0.1, 0.15) is 52.9 Å². The Hall–Kier alpha value is -0.580. The Morgan fingerprint density at radius 1 is 1.30 bits per heavy atom. The van der Waals surface area contributed by atoms with Crippen molar-refractivity contribution in [1.82, 2.24) is 4.90 Å². The second-order valence-corrected chi connectivity index (χ2v) is 9.29. The van der Waals surface area contributed by atoms with Gasteiger partial charge in [0.1, 0.15) is 0 Å². The Morgan fingerprint density at radius 3 is 2.55 bits per heavy atom. The number of sulfone groups is 1. The normalized spacial score (nSPS) is 29.9. The second-order valence-electron chi connectivity index (χ2n) is 7.06. The number of amides is 1. The standard InChI is InChI=1S/C15H27NO3S/c1-4-15(2,3)13-6-5-8-16(13)14(17)10-12-7-9-20(18,19)11-12/h12-13H,4-11H2,1-3H3/t12-,13-/m0/s1. The van der Waals surface area contributed by atoms with E-state index in [1.165, 1.54) is 0 Å². The van der Waals surface area contributed by atoms with E-state index in [0.717, 1.165) is 25.8 Å². The van der Waals surface area contributed by atoms with Crippen LogP contribution in [0, 0.1) is 11.3 Å². The lowest BCUT2D eigenvalue weighted by atomic mass is 9.80. The first-order chi connectivity index (χ1) is 9.25. The highest BCUT2D eigenvalue weighted by Gasteiger charge is 2.39. The van der Waals surface area contributed by atoms with Gasteiger partial charge in [-0.3, -0.25) is 4.79 Å². The molecule has 2 rings (SSSR count). The third-order valence-corrected chi connectivity index (χ3v) is 7.01. The van der Waals surface area contributed by atoms with Crippen molar-refractivity contribution in [2.45, 2.75) is 58.9 Å². The van der Waals surface area contributed by atoms with Gasteiger partial charge in [0.2, 0.25) is 5.91 Å². The van der Waals surface area contributed by atoms with Crippen LogP contribution in [0.3, 0.4) is 0 Å². The molecule has 0 aromatic rings. The zero-order valence-electron chi connectivity index (χ0n) is 12.9. The largest absolute Gasteiger partial charge is 0.339 e. The van der Waals surface area contributed by atoms with Gasteiger partial charge in [-0.25, -0.2) is 8.42 Å². The molecule has 116 valence electrons. The number of nitrogens with zero attached hydrogens (tertiary/aromatic N) is 1. The highest BCUT2D eigenvalue weighted by molar-refractivity contribution is 7.91. The number of carbonyl (C=O) groups is 1. The minimum absolute atomic E-state index is 0.0403. The van der Waals surface area contributed by atoms with Gasteiger partial charge in [0.25, 0.3) is 0 Å². The first kappa shape index (κ1) is 15.8. The lowest BCUT2D eigenvalue weighted by molar-refractivity contribution is -0.135. The Morgan fingerprint density at radius 2 is 2.00 bits per heavy atom. The summed E-state index contributed by atoms with van der Waals surface area (Å²) in [6.07, 6.45) is 4.27. The van der Waals surface area contributed by atoms with Crippen molar-refractivity contribution >= 4 is 15.7 Å². The van der Waals surface area contributed by atoms with Crippen LogP contribution >= 0.6 is 0 Å². The molecular formula is C15H27NO3S. The van der Waals surface area contributed by atoms with E-state index < -0.39 is 9.84 Å². The third-order valence-electron chi connectivity index (χ3n) is 5.18. The molecule has 0 unspecified atom stereocenters. The van der Waals surface area contributed by atoms with E-state index in [4.69, 9.17) is 0 Å². The van der Waals surface area contributed by atoms with Crippen molar-refractivity contribution in [2.75, 3.05) is 18.1 Å². The van der Waals surface area contributed by atoms with E-state index >= 15 is 0 Å². The number of likely N-dealkylation sites (tertiary alicyclic amines) is 1. The molecule has 2 atom stereocenters. The van der Waals surface area contributed by atoms with Crippen molar-refractivity contribution < 1.29 is 13.2 Å². The van der Waals surface area contributed by atoms with Gasteiger partial charge in [-0.15, -0.1) is 0 Å². The molecule has 0 radical (unpaired) electrons. The lowest BCUT2D eigenvalue weighted by Crippen LogP contribution is -2.44. The monoisotopic (exact) mass is 301 g/mol. The molecule has 0 aromatic carbocycles. The van der Waals surface area contributed by atoms with Crippen molar-refractivity contribution in [2.24, 2.45) is 11.3 Å². The van der Waals surface area contributed by atoms with E-state index in [0.29, 0.717) is 18.9 Å². The van der Waals surface area contributed by atoms with Crippen LogP contribution in [-0.4, -0.2) is 43.3 Å². The van der Waals surface area contributed by atoms with Crippen LogP contribution in [0.5, 0.6) is 0 Å². The topological polar surface area (TPSA) is 54.5 Å². The summed E-state index contributed by atoms with van der Waals surface area (Å²) in [7, 11) is -2.88. The molecule has 0 aromatic heterocycles. The third kappa shape index (κ3) is 3.35. The van der Waals surface area contributed by atoms with Gasteiger partial charge in [0.15, 0.2) is 9.84 Å². The molecule has 4 nitrogen and oxygen atoms in total. The number of hydrogen-bond acceptors (Lipinski definition) is 3. The SMILES string of the molecule is CCC(C)(C)[C@@H]1CCCN1C(=O)C[C@@H]1CCS(=O)(=O)C1. The highest BCUT2D eigenvalue weighted by Crippen LogP contribution is 2.36. The molecule has 0 spiro atoms. The smallest absolute Gasteiger partial charge is 0.223 e. The number of rotatable bonds is 4. The summed E-state index contributed by atoms with van der Waals surface area (Å²) < 4.78 is 23.0. The zero-order chi connectivity index (χ0) is 15.0. The molecule has 2 aliphatic heterocycles. The molecule has 1 amide bonds. The van der Waals surface area contributed by atoms with E-state index in [-0.39, 0.29) is 28.7 Å². The first-order valence-electron chi connectivity index (χ1n) is 7.75. The maximum absolute atomic E-state index is 12.5. The van der Waals surface area contributed by atoms with Gasteiger partial charge >= 0.3 is 0 Å². The van der Waals surface area contributed by atoms with E-state index in [1.54, 1.807) is 0 Å².